The Hall–Kier alpha value is -3.35. The van der Waals surface area contributed by atoms with E-state index in [1.165, 1.54) is 0 Å². The van der Waals surface area contributed by atoms with Gasteiger partial charge in [0.2, 0.25) is 11.7 Å². The lowest BCUT2D eigenvalue weighted by atomic mass is 10.2. The third-order valence-electron chi connectivity index (χ3n) is 3.59. The number of hydrogen-bond donors (Lipinski definition) is 1. The number of benzene rings is 2. The second-order valence-electron chi connectivity index (χ2n) is 5.41. The van der Waals surface area contributed by atoms with Crippen molar-refractivity contribution in [3.05, 3.63) is 60.5 Å². The molecule has 1 aromatic heterocycles. The number of ether oxygens (including phenoxy) is 2. The van der Waals surface area contributed by atoms with E-state index in [1.54, 1.807) is 19.2 Å². The molecule has 0 saturated heterocycles. The molecule has 7 nitrogen and oxygen atoms in total. The molecule has 0 bridgehead atoms. The van der Waals surface area contributed by atoms with Crippen LogP contribution in [0.25, 0.3) is 11.4 Å². The minimum Gasteiger partial charge on any atom is -0.496 e. The summed E-state index contributed by atoms with van der Waals surface area (Å²) in [6.07, 6.45) is 0.430. The van der Waals surface area contributed by atoms with Crippen LogP contribution in [0.2, 0.25) is 0 Å². The van der Waals surface area contributed by atoms with Gasteiger partial charge in [0.25, 0.3) is 5.91 Å². The van der Waals surface area contributed by atoms with E-state index in [1.807, 2.05) is 42.5 Å². The van der Waals surface area contributed by atoms with Gasteiger partial charge < -0.3 is 19.3 Å². The van der Waals surface area contributed by atoms with Gasteiger partial charge in [-0.1, -0.05) is 35.5 Å². The molecule has 0 saturated carbocycles. The Kier molecular flexibility index (Phi) is 5.82. The van der Waals surface area contributed by atoms with Gasteiger partial charge in [0.05, 0.1) is 12.7 Å². The summed E-state index contributed by atoms with van der Waals surface area (Å²) in [5.41, 5.74) is 0.755. The molecule has 134 valence electrons. The summed E-state index contributed by atoms with van der Waals surface area (Å²) < 4.78 is 15.9. The van der Waals surface area contributed by atoms with E-state index in [2.05, 4.69) is 15.5 Å². The minimum atomic E-state index is -0.210. The topological polar surface area (TPSA) is 86.5 Å². The van der Waals surface area contributed by atoms with Crippen molar-refractivity contribution in [1.82, 2.24) is 15.5 Å². The third kappa shape index (κ3) is 4.60. The van der Waals surface area contributed by atoms with Crippen molar-refractivity contribution in [2.24, 2.45) is 0 Å². The third-order valence-corrected chi connectivity index (χ3v) is 3.59. The van der Waals surface area contributed by atoms with Gasteiger partial charge in [-0.2, -0.15) is 4.98 Å². The monoisotopic (exact) mass is 353 g/mol. The molecule has 0 atom stereocenters. The first-order chi connectivity index (χ1) is 12.8. The molecule has 0 spiro atoms. The van der Waals surface area contributed by atoms with E-state index >= 15 is 0 Å². The van der Waals surface area contributed by atoms with Gasteiger partial charge >= 0.3 is 0 Å². The van der Waals surface area contributed by atoms with Gasteiger partial charge in [0.1, 0.15) is 11.5 Å². The van der Waals surface area contributed by atoms with E-state index in [-0.39, 0.29) is 12.5 Å². The molecule has 1 heterocycles. The van der Waals surface area contributed by atoms with Crippen molar-refractivity contribution in [2.75, 3.05) is 20.3 Å². The van der Waals surface area contributed by atoms with Crippen LogP contribution in [-0.4, -0.2) is 36.3 Å². The van der Waals surface area contributed by atoms with E-state index in [0.717, 1.165) is 5.56 Å². The number of methoxy groups -OCH3 is 1. The van der Waals surface area contributed by atoms with Crippen molar-refractivity contribution >= 4 is 5.91 Å². The van der Waals surface area contributed by atoms with Crippen LogP contribution in [0.5, 0.6) is 11.5 Å². The summed E-state index contributed by atoms with van der Waals surface area (Å²) in [4.78, 5) is 16.1. The molecule has 0 aliphatic heterocycles. The Balaban J connectivity index is 1.47. The first-order valence-corrected chi connectivity index (χ1v) is 8.17. The van der Waals surface area contributed by atoms with Crippen LogP contribution in [0.15, 0.2) is 59.1 Å². The van der Waals surface area contributed by atoms with Crippen molar-refractivity contribution in [3.8, 4) is 22.9 Å². The van der Waals surface area contributed by atoms with Crippen LogP contribution < -0.4 is 14.8 Å². The Labute approximate surface area is 150 Å². The maximum Gasteiger partial charge on any atom is 0.257 e. The lowest BCUT2D eigenvalue weighted by molar-refractivity contribution is -0.123. The number of carbonyl (C=O) groups excluding carboxylic acids is 1. The Morgan fingerprint density at radius 3 is 2.69 bits per heavy atom. The first-order valence-electron chi connectivity index (χ1n) is 8.17. The number of para-hydroxylation sites is 2. The van der Waals surface area contributed by atoms with Gasteiger partial charge in [-0.05, 0) is 24.3 Å². The summed E-state index contributed by atoms with van der Waals surface area (Å²) in [7, 11) is 1.59. The second kappa shape index (κ2) is 8.66. The quantitative estimate of drug-likeness (QED) is 0.669. The standard InChI is InChI=1S/C19H19N3O4/c1-24-16-10-6-5-9-15(16)19-21-18(26-22-19)11-12-20-17(23)13-25-14-7-3-2-4-8-14/h2-10H,11-13H2,1H3,(H,20,23). The summed E-state index contributed by atoms with van der Waals surface area (Å²) in [5, 5.41) is 6.72. The predicted molar refractivity (Wildman–Crippen MR) is 94.9 cm³/mol. The molecule has 1 amide bonds. The highest BCUT2D eigenvalue weighted by Crippen LogP contribution is 2.26. The predicted octanol–water partition coefficient (Wildman–Crippen LogP) is 2.48. The van der Waals surface area contributed by atoms with Crippen molar-refractivity contribution in [1.29, 1.82) is 0 Å². The molecule has 1 N–H and O–H groups in total. The normalized spacial score (nSPS) is 10.3. The van der Waals surface area contributed by atoms with Crippen LogP contribution in [0.3, 0.4) is 0 Å². The lowest BCUT2D eigenvalue weighted by Gasteiger charge is -2.06. The van der Waals surface area contributed by atoms with Gasteiger partial charge in [0, 0.05) is 13.0 Å². The molecule has 3 rings (SSSR count). The molecule has 26 heavy (non-hydrogen) atoms. The molecule has 2 aromatic carbocycles. The zero-order valence-electron chi connectivity index (χ0n) is 14.3. The van der Waals surface area contributed by atoms with Crippen molar-refractivity contribution in [2.45, 2.75) is 6.42 Å². The number of amides is 1. The highest BCUT2D eigenvalue weighted by molar-refractivity contribution is 5.77. The van der Waals surface area contributed by atoms with E-state index in [4.69, 9.17) is 14.0 Å². The molecule has 3 aromatic rings. The molecule has 0 fully saturated rings. The highest BCUT2D eigenvalue weighted by atomic mass is 16.5. The molecule has 0 radical (unpaired) electrons. The maximum absolute atomic E-state index is 11.8. The van der Waals surface area contributed by atoms with E-state index < -0.39 is 0 Å². The van der Waals surface area contributed by atoms with Crippen LogP contribution in [0.1, 0.15) is 5.89 Å². The molecule has 0 aliphatic carbocycles. The summed E-state index contributed by atoms with van der Waals surface area (Å²) in [6, 6.07) is 16.6. The summed E-state index contributed by atoms with van der Waals surface area (Å²) in [6.45, 7) is 0.338. The fraction of sp³-hybridized carbons (Fsp3) is 0.211. The molecular formula is C19H19N3O4. The number of nitrogens with zero attached hydrogens (tertiary/aromatic N) is 2. The van der Waals surface area contributed by atoms with Crippen molar-refractivity contribution in [3.63, 3.8) is 0 Å². The average Bonchev–Trinajstić information content (AvgIpc) is 3.16. The number of hydrogen-bond acceptors (Lipinski definition) is 6. The van der Waals surface area contributed by atoms with Crippen LogP contribution >= 0.6 is 0 Å². The van der Waals surface area contributed by atoms with Gasteiger partial charge in [-0.25, -0.2) is 0 Å². The smallest absolute Gasteiger partial charge is 0.257 e. The first kappa shape index (κ1) is 17.5. The summed E-state index contributed by atoms with van der Waals surface area (Å²) in [5.74, 6) is 2.01. The Bertz CT molecular complexity index is 849. The highest BCUT2D eigenvalue weighted by Gasteiger charge is 2.13. The molecule has 0 unspecified atom stereocenters. The van der Waals surface area contributed by atoms with Crippen LogP contribution in [0.4, 0.5) is 0 Å². The molecule has 0 aliphatic rings. The number of carbonyl (C=O) groups is 1. The van der Waals surface area contributed by atoms with Crippen LogP contribution in [-0.2, 0) is 11.2 Å². The Morgan fingerprint density at radius 2 is 1.88 bits per heavy atom. The largest absolute Gasteiger partial charge is 0.496 e. The van der Waals surface area contributed by atoms with Crippen LogP contribution in [0, 0.1) is 0 Å². The number of rotatable bonds is 8. The zero-order chi connectivity index (χ0) is 18.2. The van der Waals surface area contributed by atoms with E-state index in [9.17, 15) is 4.79 Å². The number of aromatic nitrogens is 2. The lowest BCUT2D eigenvalue weighted by Crippen LogP contribution is -2.30. The average molecular weight is 353 g/mol. The zero-order valence-corrected chi connectivity index (χ0v) is 14.3. The fourth-order valence-electron chi connectivity index (χ4n) is 2.32. The van der Waals surface area contributed by atoms with Gasteiger partial charge in [0.15, 0.2) is 6.61 Å². The Morgan fingerprint density at radius 1 is 1.12 bits per heavy atom. The summed E-state index contributed by atoms with van der Waals surface area (Å²) >= 11 is 0. The second-order valence-corrected chi connectivity index (χ2v) is 5.41. The van der Waals surface area contributed by atoms with E-state index in [0.29, 0.717) is 36.2 Å². The fourth-order valence-corrected chi connectivity index (χ4v) is 2.32. The minimum absolute atomic E-state index is 0.0414. The maximum atomic E-state index is 11.8. The molecule has 7 heteroatoms. The molecular weight excluding hydrogens is 334 g/mol. The SMILES string of the molecule is COc1ccccc1-c1noc(CCNC(=O)COc2ccccc2)n1. The number of nitrogens with one attached hydrogen (secondary N) is 1. The van der Waals surface area contributed by atoms with Crippen molar-refractivity contribution < 1.29 is 18.8 Å². The van der Waals surface area contributed by atoms with Gasteiger partial charge in [-0.3, -0.25) is 4.79 Å². The van der Waals surface area contributed by atoms with Gasteiger partial charge in [-0.15, -0.1) is 0 Å².